The highest BCUT2D eigenvalue weighted by molar-refractivity contribution is 7.13. The first-order valence-electron chi connectivity index (χ1n) is 5.92. The van der Waals surface area contributed by atoms with Crippen molar-refractivity contribution in [1.29, 1.82) is 0 Å². The van der Waals surface area contributed by atoms with Gasteiger partial charge in [-0.25, -0.2) is 15.0 Å². The quantitative estimate of drug-likeness (QED) is 0.924. The number of hydrogen-bond acceptors (Lipinski definition) is 5. The summed E-state index contributed by atoms with van der Waals surface area (Å²) in [6.07, 6.45) is 3.63. The van der Waals surface area contributed by atoms with E-state index >= 15 is 0 Å². The molecule has 0 aliphatic heterocycles. The summed E-state index contributed by atoms with van der Waals surface area (Å²) < 4.78 is 0. The monoisotopic (exact) mass is 262 g/mol. The van der Waals surface area contributed by atoms with Gasteiger partial charge in [-0.1, -0.05) is 0 Å². The van der Waals surface area contributed by atoms with Crippen LogP contribution < -0.4 is 5.32 Å². The zero-order chi connectivity index (χ0) is 13.2. The van der Waals surface area contributed by atoms with E-state index in [0.29, 0.717) is 5.82 Å². The third-order valence-corrected chi connectivity index (χ3v) is 3.21. The number of hydrogen-bond donors (Lipinski definition) is 1. The van der Waals surface area contributed by atoms with Crippen LogP contribution in [0.2, 0.25) is 0 Å². The predicted molar refractivity (Wildman–Crippen MR) is 74.5 cm³/mol. The summed E-state index contributed by atoms with van der Waals surface area (Å²) in [5, 5.41) is 6.34. The van der Waals surface area contributed by atoms with Crippen LogP contribution in [0.5, 0.6) is 0 Å². The average Bonchev–Trinajstić information content (AvgIpc) is 2.75. The molecule has 2 aromatic rings. The van der Waals surface area contributed by atoms with Crippen LogP contribution in [-0.4, -0.2) is 20.5 Å². The molecular formula is C13H18N4S. The fraction of sp³-hybridized carbons (Fsp3) is 0.462. The van der Waals surface area contributed by atoms with Crippen LogP contribution in [-0.2, 0) is 6.54 Å². The molecule has 18 heavy (non-hydrogen) atoms. The van der Waals surface area contributed by atoms with Crippen LogP contribution in [0.3, 0.4) is 0 Å². The molecule has 4 nitrogen and oxygen atoms in total. The molecule has 0 unspecified atom stereocenters. The Balaban J connectivity index is 2.08. The maximum Gasteiger partial charge on any atom is 0.188 e. The molecule has 0 fully saturated rings. The lowest BCUT2D eigenvalue weighted by molar-refractivity contribution is 0.422. The lowest BCUT2D eigenvalue weighted by Gasteiger charge is -2.19. The number of aryl methyl sites for hydroxylation is 1. The molecule has 0 atom stereocenters. The Morgan fingerprint density at radius 3 is 2.50 bits per heavy atom. The maximum atomic E-state index is 4.54. The minimum absolute atomic E-state index is 0.101. The Labute approximate surface area is 112 Å². The van der Waals surface area contributed by atoms with Gasteiger partial charge in [-0.2, -0.15) is 0 Å². The average molecular weight is 262 g/mol. The van der Waals surface area contributed by atoms with Gasteiger partial charge in [0.1, 0.15) is 0 Å². The number of nitrogens with zero attached hydrogens (tertiary/aromatic N) is 3. The van der Waals surface area contributed by atoms with Crippen molar-refractivity contribution in [3.8, 4) is 10.8 Å². The van der Waals surface area contributed by atoms with Crippen LogP contribution in [0.1, 0.15) is 32.0 Å². The van der Waals surface area contributed by atoms with Crippen LogP contribution in [0, 0.1) is 6.92 Å². The van der Waals surface area contributed by atoms with Gasteiger partial charge in [-0.3, -0.25) is 0 Å². The summed E-state index contributed by atoms with van der Waals surface area (Å²) in [6, 6.07) is 0. The summed E-state index contributed by atoms with van der Waals surface area (Å²) in [6.45, 7) is 9.17. The van der Waals surface area contributed by atoms with Crippen molar-refractivity contribution in [2.24, 2.45) is 0 Å². The van der Waals surface area contributed by atoms with Gasteiger partial charge in [0.2, 0.25) is 0 Å². The van der Waals surface area contributed by atoms with Crippen molar-refractivity contribution in [3.05, 3.63) is 29.0 Å². The van der Waals surface area contributed by atoms with Gasteiger partial charge in [-0.05, 0) is 33.3 Å². The van der Waals surface area contributed by atoms with Gasteiger partial charge in [0, 0.05) is 29.9 Å². The van der Waals surface area contributed by atoms with Crippen molar-refractivity contribution < 1.29 is 0 Å². The van der Waals surface area contributed by atoms with E-state index in [1.807, 2.05) is 19.3 Å². The fourth-order valence-electron chi connectivity index (χ4n) is 1.35. The standard InChI is InChI=1S/C13H18N4S/c1-9-5-14-11(15-6-9)12-17-10(8-18-12)7-16-13(2,3)4/h5-6,8,16H,7H2,1-4H3. The molecule has 0 aromatic carbocycles. The van der Waals surface area contributed by atoms with Crippen molar-refractivity contribution in [2.75, 3.05) is 0 Å². The molecule has 0 aliphatic carbocycles. The molecule has 5 heteroatoms. The van der Waals surface area contributed by atoms with E-state index in [-0.39, 0.29) is 5.54 Å². The van der Waals surface area contributed by atoms with Crippen LogP contribution in [0.4, 0.5) is 0 Å². The van der Waals surface area contributed by atoms with Gasteiger partial charge in [0.15, 0.2) is 10.8 Å². The van der Waals surface area contributed by atoms with Crippen LogP contribution in [0.25, 0.3) is 10.8 Å². The summed E-state index contributed by atoms with van der Waals surface area (Å²) in [5.74, 6) is 0.701. The normalized spacial score (nSPS) is 11.8. The molecule has 0 bridgehead atoms. The zero-order valence-corrected chi connectivity index (χ0v) is 12.0. The molecule has 2 rings (SSSR count). The number of thiazole rings is 1. The molecule has 0 aliphatic rings. The third-order valence-electron chi connectivity index (χ3n) is 2.32. The van der Waals surface area contributed by atoms with E-state index in [4.69, 9.17) is 0 Å². The van der Waals surface area contributed by atoms with Crippen LogP contribution >= 0.6 is 11.3 Å². The second kappa shape index (κ2) is 5.12. The molecule has 2 aromatic heterocycles. The van der Waals surface area contributed by atoms with Gasteiger partial charge in [-0.15, -0.1) is 11.3 Å². The molecule has 0 spiro atoms. The summed E-state index contributed by atoms with van der Waals surface area (Å²) in [4.78, 5) is 13.1. The van der Waals surface area contributed by atoms with Gasteiger partial charge in [0.25, 0.3) is 0 Å². The van der Waals surface area contributed by atoms with E-state index in [2.05, 4.69) is 46.4 Å². The van der Waals surface area contributed by atoms with Crippen molar-refractivity contribution in [2.45, 2.75) is 39.8 Å². The smallest absolute Gasteiger partial charge is 0.188 e. The minimum atomic E-state index is 0.101. The Kier molecular flexibility index (Phi) is 3.73. The Hall–Kier alpha value is -1.33. The first-order chi connectivity index (χ1) is 8.44. The maximum absolute atomic E-state index is 4.54. The highest BCUT2D eigenvalue weighted by Gasteiger charge is 2.11. The molecule has 0 saturated carbocycles. The predicted octanol–water partition coefficient (Wildman–Crippen LogP) is 2.80. The molecule has 0 saturated heterocycles. The highest BCUT2D eigenvalue weighted by atomic mass is 32.1. The Morgan fingerprint density at radius 2 is 1.89 bits per heavy atom. The first-order valence-corrected chi connectivity index (χ1v) is 6.80. The molecule has 0 radical (unpaired) electrons. The van der Waals surface area contributed by atoms with E-state index < -0.39 is 0 Å². The van der Waals surface area contributed by atoms with Gasteiger partial charge < -0.3 is 5.32 Å². The van der Waals surface area contributed by atoms with E-state index in [1.165, 1.54) is 0 Å². The summed E-state index contributed by atoms with van der Waals surface area (Å²) >= 11 is 1.58. The van der Waals surface area contributed by atoms with E-state index in [0.717, 1.165) is 22.8 Å². The van der Waals surface area contributed by atoms with Crippen molar-refractivity contribution in [1.82, 2.24) is 20.3 Å². The SMILES string of the molecule is Cc1cnc(-c2nc(CNC(C)(C)C)cs2)nc1. The van der Waals surface area contributed by atoms with Gasteiger partial charge >= 0.3 is 0 Å². The zero-order valence-electron chi connectivity index (χ0n) is 11.2. The van der Waals surface area contributed by atoms with Crippen molar-refractivity contribution >= 4 is 11.3 Å². The molecule has 2 heterocycles. The first kappa shape index (κ1) is 13.1. The molecule has 1 N–H and O–H groups in total. The molecular weight excluding hydrogens is 244 g/mol. The van der Waals surface area contributed by atoms with Crippen LogP contribution in [0.15, 0.2) is 17.8 Å². The molecule has 0 amide bonds. The number of nitrogens with one attached hydrogen (secondary N) is 1. The summed E-state index contributed by atoms with van der Waals surface area (Å²) in [5.41, 5.74) is 2.20. The minimum Gasteiger partial charge on any atom is -0.306 e. The topological polar surface area (TPSA) is 50.7 Å². The van der Waals surface area contributed by atoms with Crippen molar-refractivity contribution in [3.63, 3.8) is 0 Å². The van der Waals surface area contributed by atoms with E-state index in [1.54, 1.807) is 11.3 Å². The summed E-state index contributed by atoms with van der Waals surface area (Å²) in [7, 11) is 0. The second-order valence-electron chi connectivity index (χ2n) is 5.33. The highest BCUT2D eigenvalue weighted by Crippen LogP contribution is 2.20. The van der Waals surface area contributed by atoms with E-state index in [9.17, 15) is 0 Å². The lowest BCUT2D eigenvalue weighted by Crippen LogP contribution is -2.35. The Bertz CT molecular complexity index is 511. The lowest BCUT2D eigenvalue weighted by atomic mass is 10.1. The Morgan fingerprint density at radius 1 is 1.22 bits per heavy atom. The number of aromatic nitrogens is 3. The fourth-order valence-corrected chi connectivity index (χ4v) is 2.11. The van der Waals surface area contributed by atoms with Gasteiger partial charge in [0.05, 0.1) is 5.69 Å². The second-order valence-corrected chi connectivity index (χ2v) is 6.19. The number of rotatable bonds is 3. The third kappa shape index (κ3) is 3.58. The molecule has 96 valence electrons. The largest absolute Gasteiger partial charge is 0.306 e.